The number of nitrogens with zero attached hydrogens (tertiary/aromatic N) is 2. The van der Waals surface area contributed by atoms with Crippen LogP contribution in [0.25, 0.3) is 11.1 Å². The molecule has 0 amide bonds. The summed E-state index contributed by atoms with van der Waals surface area (Å²) in [7, 11) is 0. The van der Waals surface area contributed by atoms with Crippen LogP contribution in [0.2, 0.25) is 0 Å². The average molecular weight is 350 g/mol. The molecule has 0 bridgehead atoms. The van der Waals surface area contributed by atoms with Crippen molar-refractivity contribution in [2.24, 2.45) is 5.92 Å². The molecule has 1 aromatic carbocycles. The summed E-state index contributed by atoms with van der Waals surface area (Å²) in [4.78, 5) is 7.38. The molecule has 132 valence electrons. The highest BCUT2D eigenvalue weighted by molar-refractivity contribution is 5.85. The molecule has 1 unspecified atom stereocenters. The van der Waals surface area contributed by atoms with Crippen LogP contribution in [0.15, 0.2) is 22.6 Å². The van der Waals surface area contributed by atoms with Gasteiger partial charge in [0.1, 0.15) is 5.52 Å². The number of hydrogen-bond acceptors (Lipinski definition) is 4. The second-order valence-corrected chi connectivity index (χ2v) is 7.26. The Balaban J connectivity index is 0.00000169. The first kappa shape index (κ1) is 17.7. The molecular weight excluding hydrogens is 322 g/mol. The Labute approximate surface area is 150 Å². The van der Waals surface area contributed by atoms with E-state index in [-0.39, 0.29) is 12.4 Å². The zero-order valence-corrected chi connectivity index (χ0v) is 15.3. The smallest absolute Gasteiger partial charge is 0.198 e. The third-order valence-electron chi connectivity index (χ3n) is 5.48. The fourth-order valence-electron chi connectivity index (χ4n) is 4.09. The first-order valence-electron chi connectivity index (χ1n) is 9.09. The molecule has 1 atom stereocenters. The maximum atomic E-state index is 6.08. The van der Waals surface area contributed by atoms with Gasteiger partial charge in [0.25, 0.3) is 0 Å². The number of aryl methyl sites for hydroxylation is 1. The van der Waals surface area contributed by atoms with Gasteiger partial charge in [-0.25, -0.2) is 4.98 Å². The summed E-state index contributed by atoms with van der Waals surface area (Å²) >= 11 is 0. The van der Waals surface area contributed by atoms with Crippen LogP contribution in [0.5, 0.6) is 0 Å². The molecule has 2 aliphatic rings. The van der Waals surface area contributed by atoms with Gasteiger partial charge in [0.2, 0.25) is 0 Å². The molecule has 0 saturated carbocycles. The number of fused-ring (bicyclic) bond motifs is 1. The third-order valence-corrected chi connectivity index (χ3v) is 5.48. The van der Waals surface area contributed by atoms with Crippen molar-refractivity contribution in [2.75, 3.05) is 32.7 Å². The van der Waals surface area contributed by atoms with Gasteiger partial charge in [0.15, 0.2) is 11.5 Å². The summed E-state index contributed by atoms with van der Waals surface area (Å²) in [6.45, 7) is 8.11. The van der Waals surface area contributed by atoms with Crippen molar-refractivity contribution < 1.29 is 4.42 Å². The molecule has 3 heterocycles. The molecule has 0 spiro atoms. The van der Waals surface area contributed by atoms with Crippen LogP contribution in [0.1, 0.15) is 43.1 Å². The summed E-state index contributed by atoms with van der Waals surface area (Å²) in [5.41, 5.74) is 3.16. The Morgan fingerprint density at radius 1 is 1.25 bits per heavy atom. The molecule has 1 N–H and O–H groups in total. The Morgan fingerprint density at radius 3 is 2.79 bits per heavy atom. The van der Waals surface area contributed by atoms with E-state index in [1.807, 2.05) is 0 Å². The summed E-state index contributed by atoms with van der Waals surface area (Å²) < 4.78 is 6.08. The van der Waals surface area contributed by atoms with E-state index in [1.54, 1.807) is 0 Å². The molecule has 0 aliphatic carbocycles. The van der Waals surface area contributed by atoms with E-state index in [4.69, 9.17) is 9.40 Å². The molecule has 24 heavy (non-hydrogen) atoms. The van der Waals surface area contributed by atoms with Crippen molar-refractivity contribution in [2.45, 2.75) is 38.5 Å². The quantitative estimate of drug-likeness (QED) is 0.916. The Bertz CT molecular complexity index is 658. The van der Waals surface area contributed by atoms with E-state index in [0.29, 0.717) is 5.92 Å². The van der Waals surface area contributed by atoms with E-state index in [2.05, 4.69) is 35.3 Å². The first-order chi connectivity index (χ1) is 11.3. The van der Waals surface area contributed by atoms with Crippen molar-refractivity contribution in [3.05, 3.63) is 29.7 Å². The third kappa shape index (κ3) is 3.76. The lowest BCUT2D eigenvalue weighted by Gasteiger charge is -2.34. The number of benzene rings is 1. The number of aromatic nitrogens is 1. The predicted molar refractivity (Wildman–Crippen MR) is 100 cm³/mol. The number of hydrogen-bond donors (Lipinski definition) is 1. The largest absolute Gasteiger partial charge is 0.440 e. The lowest BCUT2D eigenvalue weighted by atomic mass is 9.94. The van der Waals surface area contributed by atoms with Crippen LogP contribution in [-0.4, -0.2) is 42.6 Å². The molecular formula is C19H28ClN3O. The minimum absolute atomic E-state index is 0. The minimum Gasteiger partial charge on any atom is -0.440 e. The Morgan fingerprint density at radius 2 is 2.08 bits per heavy atom. The van der Waals surface area contributed by atoms with Crippen LogP contribution in [0, 0.1) is 12.8 Å². The highest BCUT2D eigenvalue weighted by Gasteiger charge is 2.26. The maximum Gasteiger partial charge on any atom is 0.198 e. The first-order valence-corrected chi connectivity index (χ1v) is 9.09. The molecule has 1 aromatic heterocycles. The number of rotatable bonds is 3. The predicted octanol–water partition coefficient (Wildman–Crippen LogP) is 3.74. The number of nitrogens with one attached hydrogen (secondary N) is 1. The minimum atomic E-state index is 0. The number of oxazole rings is 1. The monoisotopic (exact) mass is 349 g/mol. The lowest BCUT2D eigenvalue weighted by Crippen LogP contribution is -2.41. The van der Waals surface area contributed by atoms with Crippen LogP contribution < -0.4 is 5.32 Å². The summed E-state index contributed by atoms with van der Waals surface area (Å²) in [6.07, 6.45) is 5.07. The van der Waals surface area contributed by atoms with E-state index in [0.717, 1.165) is 22.9 Å². The zero-order chi connectivity index (χ0) is 15.6. The molecule has 4 nitrogen and oxygen atoms in total. The van der Waals surface area contributed by atoms with Gasteiger partial charge in [-0.2, -0.15) is 0 Å². The van der Waals surface area contributed by atoms with E-state index >= 15 is 0 Å². The van der Waals surface area contributed by atoms with Crippen molar-refractivity contribution in [1.82, 2.24) is 15.2 Å². The van der Waals surface area contributed by atoms with Gasteiger partial charge in [-0.1, -0.05) is 12.1 Å². The average Bonchev–Trinajstić information content (AvgIpc) is 3.02. The van der Waals surface area contributed by atoms with Crippen molar-refractivity contribution >= 4 is 23.5 Å². The van der Waals surface area contributed by atoms with Gasteiger partial charge in [-0.3, -0.25) is 0 Å². The highest BCUT2D eigenvalue weighted by atomic mass is 35.5. The Kier molecular flexibility index (Phi) is 5.80. The SMILES string of the molecule is Cc1cccc2nc(C3CCN(CC4CCCNC4)CC3)oc12.Cl. The van der Waals surface area contributed by atoms with Crippen molar-refractivity contribution in [3.63, 3.8) is 0 Å². The fourth-order valence-corrected chi connectivity index (χ4v) is 4.09. The van der Waals surface area contributed by atoms with Gasteiger partial charge in [-0.05, 0) is 76.3 Å². The topological polar surface area (TPSA) is 41.3 Å². The van der Waals surface area contributed by atoms with E-state index < -0.39 is 0 Å². The maximum absolute atomic E-state index is 6.08. The Hall–Kier alpha value is -1.10. The van der Waals surface area contributed by atoms with Gasteiger partial charge < -0.3 is 14.6 Å². The zero-order valence-electron chi connectivity index (χ0n) is 14.5. The van der Waals surface area contributed by atoms with E-state index in [9.17, 15) is 0 Å². The van der Waals surface area contributed by atoms with Crippen LogP contribution in [-0.2, 0) is 0 Å². The number of piperidine rings is 2. The second kappa shape index (κ2) is 7.85. The van der Waals surface area contributed by atoms with Crippen LogP contribution in [0.3, 0.4) is 0 Å². The summed E-state index contributed by atoms with van der Waals surface area (Å²) in [5.74, 6) is 2.28. The molecule has 0 radical (unpaired) electrons. The van der Waals surface area contributed by atoms with Gasteiger partial charge in [0, 0.05) is 12.5 Å². The standard InChI is InChI=1S/C19H27N3O.ClH/c1-14-4-2-6-17-18(14)23-19(21-17)16-7-10-22(11-8-16)13-15-5-3-9-20-12-15;/h2,4,6,15-16,20H,3,5,7-13H2,1H3;1H. The molecule has 2 fully saturated rings. The van der Waals surface area contributed by atoms with Gasteiger partial charge in [0.05, 0.1) is 0 Å². The van der Waals surface area contributed by atoms with Crippen LogP contribution in [0.4, 0.5) is 0 Å². The molecule has 2 aliphatic heterocycles. The van der Waals surface area contributed by atoms with Crippen molar-refractivity contribution in [3.8, 4) is 0 Å². The summed E-state index contributed by atoms with van der Waals surface area (Å²) in [6, 6.07) is 6.21. The number of para-hydroxylation sites is 1. The normalized spacial score (nSPS) is 23.3. The second-order valence-electron chi connectivity index (χ2n) is 7.26. The molecule has 2 aromatic rings. The van der Waals surface area contributed by atoms with E-state index in [1.165, 1.54) is 64.0 Å². The van der Waals surface area contributed by atoms with Crippen LogP contribution >= 0.6 is 12.4 Å². The number of halogens is 1. The molecule has 2 saturated heterocycles. The molecule has 5 heteroatoms. The highest BCUT2D eigenvalue weighted by Crippen LogP contribution is 2.31. The summed E-state index contributed by atoms with van der Waals surface area (Å²) in [5, 5.41) is 3.53. The fraction of sp³-hybridized carbons (Fsp3) is 0.632. The van der Waals surface area contributed by atoms with Gasteiger partial charge >= 0.3 is 0 Å². The lowest BCUT2D eigenvalue weighted by molar-refractivity contribution is 0.162. The number of likely N-dealkylation sites (tertiary alicyclic amines) is 1. The molecule has 4 rings (SSSR count). The van der Waals surface area contributed by atoms with Gasteiger partial charge in [-0.15, -0.1) is 12.4 Å². The van der Waals surface area contributed by atoms with Crippen molar-refractivity contribution in [1.29, 1.82) is 0 Å².